The highest BCUT2D eigenvalue weighted by Crippen LogP contribution is 2.64. The van der Waals surface area contributed by atoms with Gasteiger partial charge in [0.15, 0.2) is 18.0 Å². The van der Waals surface area contributed by atoms with Crippen LogP contribution in [-0.4, -0.2) is 82.5 Å². The molecule has 1 aromatic rings. The van der Waals surface area contributed by atoms with Crippen LogP contribution in [0, 0.1) is 5.92 Å². The third-order valence-corrected chi connectivity index (χ3v) is 9.13. The smallest absolute Gasteiger partial charge is 0.314 e. The highest BCUT2D eigenvalue weighted by atomic mass is 16.6. The van der Waals surface area contributed by atoms with Crippen LogP contribution in [0.1, 0.15) is 70.6 Å². The topological polar surface area (TPSA) is 132 Å². The number of esters is 2. The predicted molar refractivity (Wildman–Crippen MR) is 147 cm³/mol. The van der Waals surface area contributed by atoms with Crippen molar-refractivity contribution in [1.29, 1.82) is 0 Å². The Bertz CT molecular complexity index is 1280. The molecule has 0 unspecified atom stereocenters. The number of nitrogens with zero attached hydrogens (tertiary/aromatic N) is 1. The number of carbonyl (C=O) groups is 3. The van der Waals surface area contributed by atoms with Crippen LogP contribution < -0.4 is 4.74 Å². The standard InChI is InChI=1S/C31H41NO9/c1-17(13-24(35)39-18(2)21(34)16-38-29(3,4)5)28(36)40-22-9-10-31(37)23-14-19-7-8-20(15-33)26-25(19)30(31,27(22)41-26)11-12-32(23)6/h7-9,17-18,23,27,33,37H,10-16H2,1-6H3/t17-,18-,23+,27-,30-,31+/m0/s1. The Morgan fingerprint density at radius 1 is 1.22 bits per heavy atom. The van der Waals surface area contributed by atoms with Crippen LogP contribution >= 0.6 is 0 Å². The molecule has 4 aliphatic rings. The monoisotopic (exact) mass is 571 g/mol. The Morgan fingerprint density at radius 3 is 2.63 bits per heavy atom. The summed E-state index contributed by atoms with van der Waals surface area (Å²) in [7, 11) is 2.01. The Hall–Kier alpha value is -2.79. The number of hydrogen-bond donors (Lipinski definition) is 2. The van der Waals surface area contributed by atoms with E-state index in [-0.39, 0.29) is 37.9 Å². The molecule has 2 aliphatic carbocycles. The zero-order chi connectivity index (χ0) is 29.9. The third-order valence-electron chi connectivity index (χ3n) is 9.13. The third kappa shape index (κ3) is 4.88. The maximum Gasteiger partial charge on any atom is 0.314 e. The predicted octanol–water partition coefficient (Wildman–Crippen LogP) is 2.34. The summed E-state index contributed by atoms with van der Waals surface area (Å²) in [5.74, 6) is -1.67. The molecule has 1 fully saturated rings. The Kier molecular flexibility index (Phi) is 7.59. The van der Waals surface area contributed by atoms with E-state index < -0.39 is 46.7 Å². The first-order valence-corrected chi connectivity index (χ1v) is 14.3. The molecule has 2 N–H and O–H groups in total. The minimum atomic E-state index is -1.14. The summed E-state index contributed by atoms with van der Waals surface area (Å²) in [6.45, 7) is 8.85. The van der Waals surface area contributed by atoms with Gasteiger partial charge in [0.25, 0.3) is 0 Å². The number of hydrogen-bond acceptors (Lipinski definition) is 10. The van der Waals surface area contributed by atoms with Gasteiger partial charge in [-0.05, 0) is 65.8 Å². The molecule has 41 heavy (non-hydrogen) atoms. The van der Waals surface area contributed by atoms with E-state index in [4.69, 9.17) is 18.9 Å². The molecule has 224 valence electrons. The number of ketones is 1. The minimum absolute atomic E-state index is 0.138. The lowest BCUT2D eigenvalue weighted by atomic mass is 9.50. The first-order valence-electron chi connectivity index (χ1n) is 14.3. The lowest BCUT2D eigenvalue weighted by Crippen LogP contribution is -2.74. The summed E-state index contributed by atoms with van der Waals surface area (Å²) in [4.78, 5) is 40.2. The zero-order valence-corrected chi connectivity index (χ0v) is 24.7. The van der Waals surface area contributed by atoms with Crippen LogP contribution in [0.2, 0.25) is 0 Å². The van der Waals surface area contributed by atoms with Gasteiger partial charge in [-0.3, -0.25) is 14.4 Å². The van der Waals surface area contributed by atoms with Crippen molar-refractivity contribution in [3.63, 3.8) is 0 Å². The number of aliphatic hydroxyl groups excluding tert-OH is 1. The van der Waals surface area contributed by atoms with Crippen molar-refractivity contribution in [2.45, 2.75) is 102 Å². The molecule has 0 amide bonds. The summed E-state index contributed by atoms with van der Waals surface area (Å²) < 4.78 is 23.1. The van der Waals surface area contributed by atoms with Crippen molar-refractivity contribution in [3.05, 3.63) is 40.7 Å². The number of benzene rings is 1. The largest absolute Gasteiger partial charge is 0.481 e. The van der Waals surface area contributed by atoms with Crippen molar-refractivity contribution >= 4 is 17.7 Å². The Balaban J connectivity index is 1.31. The SMILES string of the molecule is C[C@H](OC(=O)C[C@H](C)C(=O)OC1=CC[C@@]2(O)[C@H]3Cc4ccc(CO)c5c4[C@@]2(CCN3C)[C@H]1O5)C(=O)COC(C)(C)C. The number of rotatable bonds is 9. The van der Waals surface area contributed by atoms with E-state index in [2.05, 4.69) is 4.90 Å². The molecule has 0 saturated carbocycles. The number of aliphatic hydroxyl groups is 2. The fourth-order valence-corrected chi connectivity index (χ4v) is 6.90. The average molecular weight is 572 g/mol. The van der Waals surface area contributed by atoms with Gasteiger partial charge in [-0.15, -0.1) is 0 Å². The van der Waals surface area contributed by atoms with Crippen molar-refractivity contribution < 1.29 is 43.5 Å². The van der Waals surface area contributed by atoms with Crippen molar-refractivity contribution in [2.75, 3.05) is 20.2 Å². The van der Waals surface area contributed by atoms with Crippen LogP contribution in [0.4, 0.5) is 0 Å². The Morgan fingerprint density at radius 2 is 1.95 bits per heavy atom. The summed E-state index contributed by atoms with van der Waals surface area (Å²) in [5, 5.41) is 22.3. The number of likely N-dealkylation sites (N-methyl/N-ethyl adjacent to an activating group) is 1. The van der Waals surface area contributed by atoms with Gasteiger partial charge in [0.05, 0.1) is 35.6 Å². The summed E-state index contributed by atoms with van der Waals surface area (Å²) in [5.41, 5.74) is 0.149. The van der Waals surface area contributed by atoms with E-state index >= 15 is 0 Å². The summed E-state index contributed by atoms with van der Waals surface area (Å²) in [6, 6.07) is 3.72. The van der Waals surface area contributed by atoms with E-state index in [1.54, 1.807) is 13.0 Å². The lowest BCUT2D eigenvalue weighted by molar-refractivity contribution is -0.171. The van der Waals surface area contributed by atoms with Crippen molar-refractivity contribution in [1.82, 2.24) is 4.90 Å². The number of piperidine rings is 1. The van der Waals surface area contributed by atoms with Gasteiger partial charge in [0.2, 0.25) is 0 Å². The van der Waals surface area contributed by atoms with Gasteiger partial charge in [0.1, 0.15) is 18.1 Å². The van der Waals surface area contributed by atoms with Gasteiger partial charge in [-0.2, -0.15) is 0 Å². The molecular formula is C31H41NO9. The second-order valence-electron chi connectivity index (χ2n) is 12.9. The van der Waals surface area contributed by atoms with Gasteiger partial charge in [0, 0.05) is 23.6 Å². The molecule has 1 spiro atoms. The van der Waals surface area contributed by atoms with Gasteiger partial charge < -0.3 is 34.1 Å². The second kappa shape index (κ2) is 10.5. The van der Waals surface area contributed by atoms with Crippen LogP contribution in [0.15, 0.2) is 24.0 Å². The number of likely N-dealkylation sites (tertiary alicyclic amines) is 1. The fourth-order valence-electron chi connectivity index (χ4n) is 6.90. The molecule has 0 radical (unpaired) electrons. The van der Waals surface area contributed by atoms with Crippen LogP contribution in [0.3, 0.4) is 0 Å². The molecule has 2 heterocycles. The first-order chi connectivity index (χ1) is 19.2. The van der Waals surface area contributed by atoms with Crippen LogP contribution in [0.5, 0.6) is 5.75 Å². The number of Topliss-reactive ketones (excluding diaryl/α,β-unsaturated/α-hetero) is 1. The van der Waals surface area contributed by atoms with E-state index in [9.17, 15) is 24.6 Å². The molecule has 0 aromatic heterocycles. The summed E-state index contributed by atoms with van der Waals surface area (Å²) in [6.07, 6.45) is 1.24. The molecule has 2 aliphatic heterocycles. The lowest BCUT2D eigenvalue weighted by Gasteiger charge is -2.61. The number of ether oxygens (including phenoxy) is 4. The molecular weight excluding hydrogens is 530 g/mol. The van der Waals surface area contributed by atoms with Crippen molar-refractivity contribution in [2.24, 2.45) is 5.92 Å². The van der Waals surface area contributed by atoms with Gasteiger partial charge in [-0.1, -0.05) is 19.1 Å². The zero-order valence-electron chi connectivity index (χ0n) is 24.7. The molecule has 10 heteroatoms. The highest BCUT2D eigenvalue weighted by molar-refractivity contribution is 5.87. The first kappa shape index (κ1) is 29.7. The fraction of sp³-hybridized carbons (Fsp3) is 0.645. The maximum absolute atomic E-state index is 13.2. The average Bonchev–Trinajstić information content (AvgIpc) is 3.26. The van der Waals surface area contributed by atoms with Gasteiger partial charge in [-0.25, -0.2) is 0 Å². The van der Waals surface area contributed by atoms with E-state index in [1.807, 2.05) is 40.0 Å². The quantitative estimate of drug-likeness (QED) is 0.426. The van der Waals surface area contributed by atoms with E-state index in [1.165, 1.54) is 6.92 Å². The normalized spacial score (nSPS) is 29.5. The van der Waals surface area contributed by atoms with E-state index in [0.29, 0.717) is 29.9 Å². The van der Waals surface area contributed by atoms with E-state index in [0.717, 1.165) is 17.7 Å². The van der Waals surface area contributed by atoms with Crippen LogP contribution in [0.25, 0.3) is 0 Å². The Labute approximate surface area is 240 Å². The molecule has 1 aromatic carbocycles. The van der Waals surface area contributed by atoms with Crippen LogP contribution in [-0.2, 0) is 47.0 Å². The molecule has 10 nitrogen and oxygen atoms in total. The molecule has 5 rings (SSSR count). The number of carbonyl (C=O) groups excluding carboxylic acids is 3. The second-order valence-corrected chi connectivity index (χ2v) is 12.9. The molecule has 2 bridgehead atoms. The maximum atomic E-state index is 13.2. The van der Waals surface area contributed by atoms with Crippen molar-refractivity contribution in [3.8, 4) is 5.75 Å². The highest BCUT2D eigenvalue weighted by Gasteiger charge is 2.71. The molecule has 6 atom stereocenters. The summed E-state index contributed by atoms with van der Waals surface area (Å²) >= 11 is 0. The van der Waals surface area contributed by atoms with Gasteiger partial charge >= 0.3 is 11.9 Å². The molecule has 1 saturated heterocycles. The minimum Gasteiger partial charge on any atom is -0.481 e.